The van der Waals surface area contributed by atoms with Crippen molar-refractivity contribution in [3.63, 3.8) is 0 Å². The Kier molecular flexibility index (Phi) is 5.06. The van der Waals surface area contributed by atoms with Crippen LogP contribution in [0.3, 0.4) is 0 Å². The molecule has 1 rings (SSSR count). The van der Waals surface area contributed by atoms with Crippen LogP contribution in [0.1, 0.15) is 43.9 Å². The molecule has 0 fully saturated rings. The van der Waals surface area contributed by atoms with Gasteiger partial charge in [0.05, 0.1) is 0 Å². The molecule has 0 aliphatic rings. The van der Waals surface area contributed by atoms with Gasteiger partial charge >= 0.3 is 0 Å². The highest BCUT2D eigenvalue weighted by Gasteiger charge is 2.21. The number of hydrogen-bond donors (Lipinski definition) is 1. The molecule has 0 radical (unpaired) electrons. The first-order chi connectivity index (χ1) is 8.01. The zero-order chi connectivity index (χ0) is 13.0. The van der Waals surface area contributed by atoms with E-state index in [1.165, 1.54) is 12.1 Å². The summed E-state index contributed by atoms with van der Waals surface area (Å²) in [7, 11) is 1.74. The summed E-state index contributed by atoms with van der Waals surface area (Å²) in [6, 6.07) is 2.56. The summed E-state index contributed by atoms with van der Waals surface area (Å²) in [5, 5.41) is 3.01. The second-order valence-electron chi connectivity index (χ2n) is 4.68. The number of nitrogens with one attached hydrogen (secondary N) is 1. The van der Waals surface area contributed by atoms with Crippen LogP contribution in [0.25, 0.3) is 0 Å². The molecule has 17 heavy (non-hydrogen) atoms. The molecule has 0 amide bonds. The van der Waals surface area contributed by atoms with E-state index in [1.54, 1.807) is 14.0 Å². The van der Waals surface area contributed by atoms with E-state index in [-0.39, 0.29) is 11.6 Å². The van der Waals surface area contributed by atoms with Crippen LogP contribution in [-0.4, -0.2) is 7.05 Å². The summed E-state index contributed by atoms with van der Waals surface area (Å²) < 4.78 is 27.7. The Labute approximate surface area is 102 Å². The zero-order valence-electron chi connectivity index (χ0n) is 11.0. The molecular weight excluding hydrogens is 220 g/mol. The lowest BCUT2D eigenvalue weighted by Crippen LogP contribution is -2.22. The summed E-state index contributed by atoms with van der Waals surface area (Å²) in [5.41, 5.74) is 0.665. The minimum absolute atomic E-state index is 0.174. The average Bonchev–Trinajstić information content (AvgIpc) is 2.32. The predicted molar refractivity (Wildman–Crippen MR) is 67.0 cm³/mol. The van der Waals surface area contributed by atoms with Crippen LogP contribution in [0.15, 0.2) is 12.1 Å². The molecule has 1 nitrogen and oxygen atoms in total. The van der Waals surface area contributed by atoms with Gasteiger partial charge in [-0.15, -0.1) is 0 Å². The molecule has 0 saturated carbocycles. The molecule has 0 spiro atoms. The van der Waals surface area contributed by atoms with Gasteiger partial charge in [0, 0.05) is 11.6 Å². The number of aryl methyl sites for hydroxylation is 1. The van der Waals surface area contributed by atoms with E-state index in [4.69, 9.17) is 0 Å². The van der Waals surface area contributed by atoms with Crippen LogP contribution in [-0.2, 0) is 0 Å². The van der Waals surface area contributed by atoms with Crippen LogP contribution < -0.4 is 5.32 Å². The largest absolute Gasteiger partial charge is 0.313 e. The minimum Gasteiger partial charge on any atom is -0.313 e. The van der Waals surface area contributed by atoms with Crippen LogP contribution in [0.2, 0.25) is 0 Å². The smallest absolute Gasteiger partial charge is 0.133 e. The van der Waals surface area contributed by atoms with Crippen LogP contribution in [0, 0.1) is 24.5 Å². The molecule has 1 aromatic carbocycles. The van der Waals surface area contributed by atoms with E-state index in [1.807, 2.05) is 0 Å². The molecule has 1 N–H and O–H groups in total. The first-order valence-electron chi connectivity index (χ1n) is 6.13. The van der Waals surface area contributed by atoms with E-state index in [2.05, 4.69) is 19.2 Å². The Bertz CT molecular complexity index is 377. The Morgan fingerprint density at radius 3 is 2.47 bits per heavy atom. The standard InChI is InChI=1S/C14H21F2N/c1-5-9(2)8-12(17-4)13-11(15)7-6-10(3)14(13)16/h6-7,9,12,17H,5,8H2,1-4H3. The summed E-state index contributed by atoms with van der Waals surface area (Å²) in [6.45, 7) is 5.84. The fraction of sp³-hybridized carbons (Fsp3) is 0.571. The van der Waals surface area contributed by atoms with Gasteiger partial charge in [0.1, 0.15) is 11.6 Å². The van der Waals surface area contributed by atoms with Crippen molar-refractivity contribution in [2.75, 3.05) is 7.05 Å². The van der Waals surface area contributed by atoms with Gasteiger partial charge in [0.2, 0.25) is 0 Å². The second kappa shape index (κ2) is 6.10. The highest BCUT2D eigenvalue weighted by atomic mass is 19.1. The van der Waals surface area contributed by atoms with Gasteiger partial charge in [0.25, 0.3) is 0 Å². The van der Waals surface area contributed by atoms with Crippen molar-refractivity contribution < 1.29 is 8.78 Å². The Morgan fingerprint density at radius 2 is 1.94 bits per heavy atom. The van der Waals surface area contributed by atoms with Gasteiger partial charge in [-0.05, 0) is 37.9 Å². The zero-order valence-corrected chi connectivity index (χ0v) is 11.0. The Balaban J connectivity index is 3.07. The van der Waals surface area contributed by atoms with E-state index in [9.17, 15) is 8.78 Å². The molecule has 0 bridgehead atoms. The monoisotopic (exact) mass is 241 g/mol. The number of hydrogen-bond acceptors (Lipinski definition) is 1. The SMILES string of the molecule is CCC(C)CC(NC)c1c(F)ccc(C)c1F. The lowest BCUT2D eigenvalue weighted by molar-refractivity contribution is 0.396. The molecule has 2 unspecified atom stereocenters. The average molecular weight is 241 g/mol. The van der Waals surface area contributed by atoms with Gasteiger partial charge in [-0.1, -0.05) is 26.3 Å². The van der Waals surface area contributed by atoms with E-state index < -0.39 is 11.6 Å². The van der Waals surface area contributed by atoms with Crippen molar-refractivity contribution in [2.24, 2.45) is 5.92 Å². The minimum atomic E-state index is -0.462. The van der Waals surface area contributed by atoms with E-state index >= 15 is 0 Å². The lowest BCUT2D eigenvalue weighted by atomic mass is 9.93. The summed E-state index contributed by atoms with van der Waals surface area (Å²) in [6.07, 6.45) is 1.75. The van der Waals surface area contributed by atoms with Crippen molar-refractivity contribution in [3.8, 4) is 0 Å². The third kappa shape index (κ3) is 3.25. The van der Waals surface area contributed by atoms with Crippen molar-refractivity contribution in [1.82, 2.24) is 5.32 Å². The third-order valence-electron chi connectivity index (χ3n) is 3.35. The van der Waals surface area contributed by atoms with Gasteiger partial charge in [-0.3, -0.25) is 0 Å². The maximum absolute atomic E-state index is 14.0. The molecule has 0 aliphatic carbocycles. The van der Waals surface area contributed by atoms with E-state index in [0.29, 0.717) is 11.5 Å². The maximum Gasteiger partial charge on any atom is 0.133 e. The molecule has 0 saturated heterocycles. The lowest BCUT2D eigenvalue weighted by Gasteiger charge is -2.21. The van der Waals surface area contributed by atoms with Crippen molar-refractivity contribution >= 4 is 0 Å². The van der Waals surface area contributed by atoms with E-state index in [0.717, 1.165) is 12.8 Å². The highest BCUT2D eigenvalue weighted by molar-refractivity contribution is 5.29. The fourth-order valence-corrected chi connectivity index (χ4v) is 1.95. The highest BCUT2D eigenvalue weighted by Crippen LogP contribution is 2.28. The first-order valence-corrected chi connectivity index (χ1v) is 6.13. The van der Waals surface area contributed by atoms with Gasteiger partial charge < -0.3 is 5.32 Å². The Hall–Kier alpha value is -0.960. The van der Waals surface area contributed by atoms with Gasteiger partial charge in [0.15, 0.2) is 0 Å². The molecule has 2 atom stereocenters. The molecule has 3 heteroatoms. The second-order valence-corrected chi connectivity index (χ2v) is 4.68. The summed E-state index contributed by atoms with van der Waals surface area (Å²) >= 11 is 0. The summed E-state index contributed by atoms with van der Waals surface area (Å²) in [4.78, 5) is 0. The molecule has 0 heterocycles. The normalized spacial score (nSPS) is 14.7. The topological polar surface area (TPSA) is 12.0 Å². The quantitative estimate of drug-likeness (QED) is 0.822. The summed E-state index contributed by atoms with van der Waals surface area (Å²) in [5.74, 6) is -0.449. The third-order valence-corrected chi connectivity index (χ3v) is 3.35. The maximum atomic E-state index is 14.0. The van der Waals surface area contributed by atoms with Crippen molar-refractivity contribution in [3.05, 3.63) is 34.9 Å². The molecule has 0 aromatic heterocycles. The number of benzene rings is 1. The van der Waals surface area contributed by atoms with Gasteiger partial charge in [-0.2, -0.15) is 0 Å². The van der Waals surface area contributed by atoms with Crippen LogP contribution in [0.5, 0.6) is 0 Å². The number of rotatable bonds is 5. The first kappa shape index (κ1) is 14.1. The molecule has 96 valence electrons. The van der Waals surface area contributed by atoms with Gasteiger partial charge in [-0.25, -0.2) is 8.78 Å². The van der Waals surface area contributed by atoms with Crippen molar-refractivity contribution in [2.45, 2.75) is 39.7 Å². The van der Waals surface area contributed by atoms with Crippen molar-refractivity contribution in [1.29, 1.82) is 0 Å². The van der Waals surface area contributed by atoms with Crippen LogP contribution in [0.4, 0.5) is 8.78 Å². The number of halogens is 2. The molecule has 1 aromatic rings. The predicted octanol–water partition coefficient (Wildman–Crippen LogP) is 3.97. The molecular formula is C14H21F2N. The fourth-order valence-electron chi connectivity index (χ4n) is 1.95. The van der Waals surface area contributed by atoms with Crippen LogP contribution >= 0.6 is 0 Å². The Morgan fingerprint density at radius 1 is 1.29 bits per heavy atom. The molecule has 0 aliphatic heterocycles.